The molecule has 272 valence electrons. The highest BCUT2D eigenvalue weighted by molar-refractivity contribution is 6.22. The van der Waals surface area contributed by atoms with Crippen molar-refractivity contribution < 1.29 is 0 Å². The van der Waals surface area contributed by atoms with Crippen LogP contribution in [-0.2, 0) is 0 Å². The first-order chi connectivity index (χ1) is 28.8. The molecule has 11 rings (SSSR count). The molecule has 0 aliphatic carbocycles. The molecule has 0 atom stereocenters. The molecule has 0 saturated carbocycles. The van der Waals surface area contributed by atoms with Crippen LogP contribution in [0.1, 0.15) is 0 Å². The lowest BCUT2D eigenvalue weighted by atomic mass is 9.97. The molecule has 2 heterocycles. The van der Waals surface area contributed by atoms with Gasteiger partial charge in [-0.25, -0.2) is 0 Å². The highest BCUT2D eigenvalue weighted by Gasteiger charge is 2.20. The second-order valence-corrected chi connectivity index (χ2v) is 14.9. The minimum atomic E-state index is 1.10. The van der Waals surface area contributed by atoms with Crippen LogP contribution in [0.4, 0.5) is 17.1 Å². The second-order valence-electron chi connectivity index (χ2n) is 14.9. The Kier molecular flexibility index (Phi) is 8.19. The molecule has 0 aliphatic heterocycles. The van der Waals surface area contributed by atoms with Gasteiger partial charge in [-0.15, -0.1) is 0 Å². The summed E-state index contributed by atoms with van der Waals surface area (Å²) in [6.45, 7) is 0. The zero-order valence-electron chi connectivity index (χ0n) is 31.8. The van der Waals surface area contributed by atoms with Gasteiger partial charge < -0.3 is 9.30 Å². The second kappa shape index (κ2) is 14.1. The lowest BCUT2D eigenvalue weighted by molar-refractivity contribution is 1.28. The quantitative estimate of drug-likeness (QED) is 0.148. The molecule has 11 aromatic rings. The fourth-order valence-corrected chi connectivity index (χ4v) is 8.81. The van der Waals surface area contributed by atoms with Crippen LogP contribution in [0.2, 0.25) is 0 Å². The predicted octanol–water partition coefficient (Wildman–Crippen LogP) is 15.5. The van der Waals surface area contributed by atoms with Gasteiger partial charge in [-0.3, -0.25) is 0 Å². The van der Waals surface area contributed by atoms with Crippen LogP contribution in [0.3, 0.4) is 0 Å². The Morgan fingerprint density at radius 1 is 0.259 bits per heavy atom. The van der Waals surface area contributed by atoms with Crippen LogP contribution >= 0.6 is 0 Å². The molecule has 0 radical (unpaired) electrons. The summed E-state index contributed by atoms with van der Waals surface area (Å²) < 4.78 is 2.49. The lowest BCUT2D eigenvalue weighted by Crippen LogP contribution is -2.09. The maximum atomic E-state index is 2.49. The van der Waals surface area contributed by atoms with E-state index in [0.717, 1.165) is 17.1 Å². The summed E-state index contributed by atoms with van der Waals surface area (Å²) in [6.07, 6.45) is 0. The van der Waals surface area contributed by atoms with Gasteiger partial charge in [0.2, 0.25) is 0 Å². The Labute approximate surface area is 338 Å². The van der Waals surface area contributed by atoms with Gasteiger partial charge in [0.1, 0.15) is 0 Å². The van der Waals surface area contributed by atoms with E-state index in [0.29, 0.717) is 0 Å². The normalized spacial score (nSPS) is 11.4. The summed E-state index contributed by atoms with van der Waals surface area (Å²) in [5.74, 6) is 0. The average Bonchev–Trinajstić information content (AvgIpc) is 3.66. The van der Waals surface area contributed by atoms with E-state index in [1.807, 2.05) is 0 Å². The minimum absolute atomic E-state index is 1.10. The van der Waals surface area contributed by atoms with Gasteiger partial charge in [0, 0.05) is 38.8 Å². The molecule has 2 aromatic heterocycles. The van der Waals surface area contributed by atoms with Crippen molar-refractivity contribution in [3.8, 4) is 44.5 Å². The Balaban J connectivity index is 1.04. The Morgan fingerprint density at radius 2 is 0.655 bits per heavy atom. The van der Waals surface area contributed by atoms with Crippen LogP contribution in [0.25, 0.3) is 82.6 Å². The van der Waals surface area contributed by atoms with Gasteiger partial charge in [0.25, 0.3) is 0 Å². The average molecular weight is 739 g/mol. The van der Waals surface area contributed by atoms with Crippen molar-refractivity contribution >= 4 is 55.2 Å². The number of pyridine rings is 1. The van der Waals surface area contributed by atoms with Gasteiger partial charge >= 0.3 is 0 Å². The largest absolute Gasteiger partial charge is 0.311 e. The van der Waals surface area contributed by atoms with Crippen molar-refractivity contribution in [3.63, 3.8) is 0 Å². The maximum absolute atomic E-state index is 2.49. The Hall–Kier alpha value is -7.68. The van der Waals surface area contributed by atoms with E-state index in [1.54, 1.807) is 0 Å². The fourth-order valence-electron chi connectivity index (χ4n) is 8.81. The number of fused-ring (bicyclic) bond motifs is 8. The first-order valence-corrected chi connectivity index (χ1v) is 19.9. The van der Waals surface area contributed by atoms with Gasteiger partial charge in [-0.2, -0.15) is 0 Å². The zero-order chi connectivity index (χ0) is 38.4. The first kappa shape index (κ1) is 33.6. The molecule has 0 N–H and O–H groups in total. The topological polar surface area (TPSA) is 7.65 Å². The van der Waals surface area contributed by atoms with Gasteiger partial charge in [0.05, 0.1) is 16.6 Å². The highest BCUT2D eigenvalue weighted by Crippen LogP contribution is 2.43. The summed E-state index contributed by atoms with van der Waals surface area (Å²) in [4.78, 5) is 2.35. The lowest BCUT2D eigenvalue weighted by Gasteiger charge is -2.26. The number of aromatic nitrogens is 1. The molecule has 0 fully saturated rings. The molecule has 58 heavy (non-hydrogen) atoms. The van der Waals surface area contributed by atoms with E-state index in [4.69, 9.17) is 0 Å². The van der Waals surface area contributed by atoms with Crippen LogP contribution in [0.15, 0.2) is 231 Å². The SMILES string of the molecule is c1ccc(-c2ccc(N(c3ccc(-c4ccccc4)cc3)c3ccc(-c4ccc5c6ccccc6c6c(-c7ccccc7)c7ccccc7n6c5c4)cc3)cc2)cc1. The predicted molar refractivity (Wildman–Crippen MR) is 246 cm³/mol. The van der Waals surface area contributed by atoms with Crippen LogP contribution in [-0.4, -0.2) is 4.40 Å². The monoisotopic (exact) mass is 738 g/mol. The standard InChI is InChI=1S/C56H38N2/c1-4-14-39(15-5-1)41-24-31-46(32-25-41)57(47-33-26-42(27-34-47)40-16-6-2-7-17-40)48-35-28-43(29-36-48)45-30-37-50-49-20-10-11-21-51(49)56-55(44-18-8-3-9-19-44)52-22-12-13-23-53(52)58(56)54(50)38-45/h1-38H. The number of hydrogen-bond donors (Lipinski definition) is 0. The van der Waals surface area contributed by atoms with E-state index in [2.05, 4.69) is 240 Å². The van der Waals surface area contributed by atoms with Crippen molar-refractivity contribution in [3.05, 3.63) is 231 Å². The van der Waals surface area contributed by atoms with Crippen molar-refractivity contribution in [2.75, 3.05) is 4.90 Å². The molecule has 0 aliphatic rings. The summed E-state index contributed by atoms with van der Waals surface area (Å²) in [7, 11) is 0. The summed E-state index contributed by atoms with van der Waals surface area (Å²) in [5.41, 5.74) is 16.6. The minimum Gasteiger partial charge on any atom is -0.311 e. The molecule has 0 saturated heterocycles. The third-order valence-corrected chi connectivity index (χ3v) is 11.6. The van der Waals surface area contributed by atoms with E-state index >= 15 is 0 Å². The van der Waals surface area contributed by atoms with Crippen LogP contribution in [0, 0.1) is 0 Å². The molecule has 9 aromatic carbocycles. The number of anilines is 3. The van der Waals surface area contributed by atoms with E-state index in [9.17, 15) is 0 Å². The third-order valence-electron chi connectivity index (χ3n) is 11.6. The molecule has 0 amide bonds. The van der Waals surface area contributed by atoms with Crippen molar-refractivity contribution in [2.24, 2.45) is 0 Å². The van der Waals surface area contributed by atoms with Crippen molar-refractivity contribution in [1.29, 1.82) is 0 Å². The Morgan fingerprint density at radius 3 is 1.19 bits per heavy atom. The third kappa shape index (κ3) is 5.74. The highest BCUT2D eigenvalue weighted by atomic mass is 15.1. The maximum Gasteiger partial charge on any atom is 0.0625 e. The van der Waals surface area contributed by atoms with E-state index in [-0.39, 0.29) is 0 Å². The molecule has 0 spiro atoms. The number of benzene rings is 9. The van der Waals surface area contributed by atoms with Crippen LogP contribution < -0.4 is 4.90 Å². The summed E-state index contributed by atoms with van der Waals surface area (Å²) in [6, 6.07) is 83.5. The van der Waals surface area contributed by atoms with Gasteiger partial charge in [-0.1, -0.05) is 182 Å². The number of nitrogens with zero attached hydrogens (tertiary/aromatic N) is 2. The first-order valence-electron chi connectivity index (χ1n) is 19.9. The van der Waals surface area contributed by atoms with Gasteiger partial charge in [0.15, 0.2) is 0 Å². The van der Waals surface area contributed by atoms with E-state index in [1.165, 1.54) is 82.6 Å². The van der Waals surface area contributed by atoms with E-state index < -0.39 is 0 Å². The molecular weight excluding hydrogens is 701 g/mol. The number of para-hydroxylation sites is 1. The molecule has 0 unspecified atom stereocenters. The zero-order valence-corrected chi connectivity index (χ0v) is 31.8. The number of hydrogen-bond acceptors (Lipinski definition) is 1. The summed E-state index contributed by atoms with van der Waals surface area (Å²) in [5, 5.41) is 5.03. The smallest absolute Gasteiger partial charge is 0.0625 e. The van der Waals surface area contributed by atoms with Gasteiger partial charge in [-0.05, 0) is 92.9 Å². The summed E-state index contributed by atoms with van der Waals surface area (Å²) >= 11 is 0. The van der Waals surface area contributed by atoms with Crippen molar-refractivity contribution in [2.45, 2.75) is 0 Å². The molecular formula is C56H38N2. The van der Waals surface area contributed by atoms with Crippen LogP contribution in [0.5, 0.6) is 0 Å². The number of rotatable bonds is 7. The van der Waals surface area contributed by atoms with Crippen molar-refractivity contribution in [1.82, 2.24) is 4.40 Å². The molecule has 2 heteroatoms. The molecule has 0 bridgehead atoms. The fraction of sp³-hybridized carbons (Fsp3) is 0. The molecule has 2 nitrogen and oxygen atoms in total. The Bertz CT molecular complexity index is 3140.